The topological polar surface area (TPSA) is 58.6 Å². The summed E-state index contributed by atoms with van der Waals surface area (Å²) in [4.78, 5) is 25.4. The molecular weight excluding hydrogens is 268 g/mol. The van der Waals surface area contributed by atoms with Crippen LogP contribution in [-0.2, 0) is 14.3 Å². The third-order valence-corrected chi connectivity index (χ3v) is 4.08. The molecule has 1 heterocycles. The predicted molar refractivity (Wildman–Crippen MR) is 80.8 cm³/mol. The van der Waals surface area contributed by atoms with E-state index in [0.29, 0.717) is 39.3 Å². The lowest BCUT2D eigenvalue weighted by Gasteiger charge is -2.26. The van der Waals surface area contributed by atoms with Crippen molar-refractivity contribution in [2.75, 3.05) is 32.8 Å². The lowest BCUT2D eigenvalue weighted by atomic mass is 9.97. The van der Waals surface area contributed by atoms with Crippen molar-refractivity contribution < 1.29 is 14.3 Å². The smallest absolute Gasteiger partial charge is 0.223 e. The number of carbonyl (C=O) groups excluding carboxylic acids is 2. The second kappa shape index (κ2) is 8.82. The number of nitrogens with one attached hydrogen (secondary N) is 1. The minimum atomic E-state index is -0.0204. The monoisotopic (exact) mass is 294 g/mol. The Morgan fingerprint density at radius 1 is 1.19 bits per heavy atom. The van der Waals surface area contributed by atoms with Gasteiger partial charge in [-0.15, -0.1) is 0 Å². The van der Waals surface area contributed by atoms with Gasteiger partial charge in [0, 0.05) is 32.5 Å². The van der Waals surface area contributed by atoms with Gasteiger partial charge < -0.3 is 15.0 Å². The molecule has 5 nitrogen and oxygen atoms in total. The second-order valence-electron chi connectivity index (χ2n) is 5.70. The van der Waals surface area contributed by atoms with Crippen LogP contribution in [0.5, 0.6) is 0 Å². The van der Waals surface area contributed by atoms with Crippen molar-refractivity contribution in [3.63, 3.8) is 0 Å². The molecule has 118 valence electrons. The van der Waals surface area contributed by atoms with E-state index in [1.807, 2.05) is 0 Å². The number of amides is 2. The van der Waals surface area contributed by atoms with Crippen LogP contribution < -0.4 is 5.32 Å². The third kappa shape index (κ3) is 5.87. The molecule has 0 aromatic heterocycles. The van der Waals surface area contributed by atoms with Gasteiger partial charge in [0.2, 0.25) is 11.8 Å². The van der Waals surface area contributed by atoms with E-state index in [2.05, 4.69) is 11.4 Å². The van der Waals surface area contributed by atoms with E-state index in [0.717, 1.165) is 6.42 Å². The molecule has 0 atom stereocenters. The van der Waals surface area contributed by atoms with Gasteiger partial charge in [0.15, 0.2) is 0 Å². The second-order valence-corrected chi connectivity index (χ2v) is 5.70. The molecule has 1 aliphatic heterocycles. The summed E-state index contributed by atoms with van der Waals surface area (Å²) in [5, 5.41) is 2.91. The number of morpholine rings is 1. The molecule has 0 aromatic carbocycles. The Kier molecular flexibility index (Phi) is 6.73. The van der Waals surface area contributed by atoms with Gasteiger partial charge in [-0.2, -0.15) is 0 Å². The zero-order chi connectivity index (χ0) is 14.9. The van der Waals surface area contributed by atoms with Crippen LogP contribution in [0.3, 0.4) is 0 Å². The zero-order valence-electron chi connectivity index (χ0n) is 12.7. The highest BCUT2D eigenvalue weighted by Crippen LogP contribution is 2.19. The summed E-state index contributed by atoms with van der Waals surface area (Å²) in [5.74, 6) is 0.0384. The molecule has 1 saturated heterocycles. The number of nitrogens with zero attached hydrogens (tertiary/aromatic N) is 1. The molecule has 21 heavy (non-hydrogen) atoms. The van der Waals surface area contributed by atoms with E-state index in [-0.39, 0.29) is 18.2 Å². The summed E-state index contributed by atoms with van der Waals surface area (Å²) in [5.41, 5.74) is 1.46. The van der Waals surface area contributed by atoms with Crippen molar-refractivity contribution in [3.05, 3.63) is 11.6 Å². The Bertz CT molecular complexity index is 387. The molecule has 1 fully saturated rings. The first-order chi connectivity index (χ1) is 10.3. The maximum atomic E-state index is 11.9. The van der Waals surface area contributed by atoms with Crippen molar-refractivity contribution in [2.24, 2.45) is 0 Å². The van der Waals surface area contributed by atoms with E-state index in [1.165, 1.54) is 31.3 Å². The average Bonchev–Trinajstić information content (AvgIpc) is 2.54. The van der Waals surface area contributed by atoms with Crippen molar-refractivity contribution in [1.82, 2.24) is 10.2 Å². The van der Waals surface area contributed by atoms with Crippen LogP contribution >= 0.6 is 0 Å². The minimum absolute atomic E-state index is 0.0204. The maximum absolute atomic E-state index is 11.9. The van der Waals surface area contributed by atoms with Crippen molar-refractivity contribution in [2.45, 2.75) is 44.9 Å². The van der Waals surface area contributed by atoms with Gasteiger partial charge in [-0.25, -0.2) is 0 Å². The fourth-order valence-corrected chi connectivity index (χ4v) is 2.77. The van der Waals surface area contributed by atoms with Gasteiger partial charge in [-0.3, -0.25) is 9.59 Å². The van der Waals surface area contributed by atoms with Crippen LogP contribution in [0.15, 0.2) is 11.6 Å². The molecule has 0 spiro atoms. The van der Waals surface area contributed by atoms with E-state index in [4.69, 9.17) is 4.74 Å². The first-order valence-corrected chi connectivity index (χ1v) is 8.06. The normalized spacial score (nSPS) is 19.0. The molecule has 2 rings (SSSR count). The van der Waals surface area contributed by atoms with E-state index >= 15 is 0 Å². The van der Waals surface area contributed by atoms with Crippen molar-refractivity contribution in [3.8, 4) is 0 Å². The summed E-state index contributed by atoms with van der Waals surface area (Å²) in [6, 6.07) is 0. The number of rotatable bonds is 6. The number of hydrogen-bond acceptors (Lipinski definition) is 3. The molecule has 0 unspecified atom stereocenters. The maximum Gasteiger partial charge on any atom is 0.223 e. The van der Waals surface area contributed by atoms with E-state index in [1.54, 1.807) is 4.90 Å². The molecule has 1 N–H and O–H groups in total. The van der Waals surface area contributed by atoms with Gasteiger partial charge in [-0.05, 0) is 32.1 Å². The Morgan fingerprint density at radius 3 is 2.71 bits per heavy atom. The number of hydrogen-bond donors (Lipinski definition) is 1. The fraction of sp³-hybridized carbons (Fsp3) is 0.750. The highest BCUT2D eigenvalue weighted by molar-refractivity contribution is 5.83. The number of ether oxygens (including phenoxy) is 1. The first kappa shape index (κ1) is 16.0. The Balaban J connectivity index is 1.56. The Hall–Kier alpha value is -1.36. The molecule has 2 amide bonds. The lowest BCUT2D eigenvalue weighted by Crippen LogP contribution is -2.41. The van der Waals surface area contributed by atoms with Crippen LogP contribution in [0.1, 0.15) is 44.9 Å². The zero-order valence-corrected chi connectivity index (χ0v) is 12.7. The summed E-state index contributed by atoms with van der Waals surface area (Å²) in [6.45, 7) is 3.19. The Morgan fingerprint density at radius 2 is 2.00 bits per heavy atom. The van der Waals surface area contributed by atoms with Gasteiger partial charge in [0.25, 0.3) is 0 Å². The molecule has 2 aliphatic rings. The standard InChI is InChI=1S/C16H26N2O3/c19-15(17-9-8-14-4-2-1-3-5-14)6-7-16(20)18-10-12-21-13-11-18/h4H,1-3,5-13H2,(H,17,19). The van der Waals surface area contributed by atoms with Crippen LogP contribution in [0, 0.1) is 0 Å². The van der Waals surface area contributed by atoms with Gasteiger partial charge in [-0.1, -0.05) is 11.6 Å². The molecule has 0 radical (unpaired) electrons. The van der Waals surface area contributed by atoms with Gasteiger partial charge in [0.05, 0.1) is 13.2 Å². The average molecular weight is 294 g/mol. The van der Waals surface area contributed by atoms with Gasteiger partial charge in [0.1, 0.15) is 0 Å². The SMILES string of the molecule is O=C(CCC(=O)N1CCOCC1)NCCC1=CCCCC1. The summed E-state index contributed by atoms with van der Waals surface area (Å²) < 4.78 is 5.21. The molecule has 0 bridgehead atoms. The van der Waals surface area contributed by atoms with Crippen LogP contribution in [-0.4, -0.2) is 49.6 Å². The van der Waals surface area contributed by atoms with Crippen LogP contribution in [0.25, 0.3) is 0 Å². The first-order valence-electron chi connectivity index (χ1n) is 8.06. The highest BCUT2D eigenvalue weighted by atomic mass is 16.5. The van der Waals surface area contributed by atoms with E-state index < -0.39 is 0 Å². The Labute approximate surface area is 126 Å². The molecule has 1 aliphatic carbocycles. The minimum Gasteiger partial charge on any atom is -0.378 e. The fourth-order valence-electron chi connectivity index (χ4n) is 2.77. The van der Waals surface area contributed by atoms with Gasteiger partial charge >= 0.3 is 0 Å². The molecule has 5 heteroatoms. The molecule has 0 saturated carbocycles. The van der Waals surface area contributed by atoms with Crippen molar-refractivity contribution >= 4 is 11.8 Å². The summed E-state index contributed by atoms with van der Waals surface area (Å²) in [7, 11) is 0. The third-order valence-electron chi connectivity index (χ3n) is 4.08. The van der Waals surface area contributed by atoms with Crippen molar-refractivity contribution in [1.29, 1.82) is 0 Å². The number of carbonyl (C=O) groups is 2. The lowest BCUT2D eigenvalue weighted by molar-refractivity contribution is -0.137. The van der Waals surface area contributed by atoms with E-state index in [9.17, 15) is 9.59 Å². The quantitative estimate of drug-likeness (QED) is 0.758. The van der Waals surface area contributed by atoms with Crippen LogP contribution in [0.2, 0.25) is 0 Å². The summed E-state index contributed by atoms with van der Waals surface area (Å²) in [6.07, 6.45) is 8.75. The van der Waals surface area contributed by atoms with Crippen LogP contribution in [0.4, 0.5) is 0 Å². The molecule has 0 aromatic rings. The largest absolute Gasteiger partial charge is 0.378 e. The summed E-state index contributed by atoms with van der Waals surface area (Å²) >= 11 is 0. The number of allylic oxidation sites excluding steroid dienone is 1. The molecular formula is C16H26N2O3. The highest BCUT2D eigenvalue weighted by Gasteiger charge is 2.17. The predicted octanol–water partition coefficient (Wildman–Crippen LogP) is 1.63.